The molecule has 0 unspecified atom stereocenters. The highest BCUT2D eigenvalue weighted by molar-refractivity contribution is 7.23. The van der Waals surface area contributed by atoms with Crippen LogP contribution in [0.4, 0.5) is 0 Å². The van der Waals surface area contributed by atoms with E-state index < -0.39 is 0 Å². The molecule has 0 aliphatic heterocycles. The smallest absolute Gasteiger partial charge is 0.145 e. The lowest BCUT2D eigenvalue weighted by Crippen LogP contribution is -2.01. The first-order valence-electron chi connectivity index (χ1n) is 6.32. The van der Waals surface area contributed by atoms with E-state index in [1.807, 2.05) is 6.92 Å². The van der Waals surface area contributed by atoms with E-state index in [-0.39, 0.29) is 0 Å². The van der Waals surface area contributed by atoms with Crippen molar-refractivity contribution in [2.45, 2.75) is 52.0 Å². The van der Waals surface area contributed by atoms with Gasteiger partial charge in [0.15, 0.2) is 0 Å². The fourth-order valence-electron chi connectivity index (χ4n) is 1.21. The maximum absolute atomic E-state index is 4.68. The topological polar surface area (TPSA) is 9.23 Å². The van der Waals surface area contributed by atoms with Gasteiger partial charge in [-0.1, -0.05) is 45.1 Å². The molecule has 14 heavy (non-hydrogen) atoms. The molecule has 88 valence electrons. The Hall–Kier alpha value is 0.828. The third-order valence-electron chi connectivity index (χ3n) is 2.25. The molecule has 0 saturated heterocycles. The largest absolute Gasteiger partial charge is 0.428 e. The van der Waals surface area contributed by atoms with Crippen LogP contribution in [-0.4, -0.2) is 44.4 Å². The Morgan fingerprint density at radius 3 is 2.07 bits per heavy atom. The number of unbranched alkanes of at least 4 members (excludes halogenated alkanes) is 4. The summed E-state index contributed by atoms with van der Waals surface area (Å²) >= 11 is 0. The zero-order valence-electron chi connectivity index (χ0n) is 10.8. The van der Waals surface area contributed by atoms with E-state index in [0.29, 0.717) is 17.6 Å². The molecule has 0 amide bonds. The van der Waals surface area contributed by atoms with Gasteiger partial charge in [0.1, 0.15) is 10.5 Å². The van der Waals surface area contributed by atoms with Gasteiger partial charge < -0.3 is 4.43 Å². The highest BCUT2D eigenvalue weighted by atomic mass is 29.5. The second kappa shape index (κ2) is 19.4. The Bertz CT molecular complexity index is 73.2. The molecular formula is C9H30OSi4. The van der Waals surface area contributed by atoms with Crippen molar-refractivity contribution < 1.29 is 4.43 Å². The van der Waals surface area contributed by atoms with Crippen LogP contribution in [0.15, 0.2) is 0 Å². The van der Waals surface area contributed by atoms with Gasteiger partial charge in [-0.3, -0.25) is 0 Å². The molecule has 0 heterocycles. The van der Waals surface area contributed by atoms with Gasteiger partial charge in [0.05, 0.1) is 0 Å². The van der Waals surface area contributed by atoms with Crippen LogP contribution in [0, 0.1) is 0 Å². The van der Waals surface area contributed by atoms with Crippen LogP contribution < -0.4 is 0 Å². The van der Waals surface area contributed by atoms with Crippen LogP contribution in [0.5, 0.6) is 0 Å². The Balaban J connectivity index is 0. The molecule has 0 aromatic rings. The van der Waals surface area contributed by atoms with Crippen molar-refractivity contribution in [3.63, 3.8) is 0 Å². The van der Waals surface area contributed by atoms with E-state index in [2.05, 4.69) is 11.3 Å². The highest BCUT2D eigenvalue weighted by Crippen LogP contribution is 2.03. The molecule has 0 saturated carbocycles. The summed E-state index contributed by atoms with van der Waals surface area (Å²) in [6.07, 6.45) is 7.50. The van der Waals surface area contributed by atoms with Crippen molar-refractivity contribution >= 4 is 37.8 Å². The summed E-state index contributed by atoms with van der Waals surface area (Å²) in [5.41, 5.74) is 0. The number of hydrogen-bond donors (Lipinski definition) is 0. The van der Waals surface area contributed by atoms with Gasteiger partial charge in [0.25, 0.3) is 0 Å². The molecule has 0 atom stereocenters. The molecule has 0 aromatic heterocycles. The highest BCUT2D eigenvalue weighted by Gasteiger charge is 1.88. The lowest BCUT2D eigenvalue weighted by molar-refractivity contribution is 0.375. The van der Waals surface area contributed by atoms with Gasteiger partial charge in [-0.05, 0) is 25.2 Å². The average molecular weight is 267 g/mol. The summed E-state index contributed by atoms with van der Waals surface area (Å²) < 4.78 is 4.68. The molecule has 0 rings (SSSR count). The molecular weight excluding hydrogens is 236 g/mol. The molecule has 0 radical (unpaired) electrons. The minimum atomic E-state index is 0.588. The first-order valence-corrected chi connectivity index (χ1v) is 17.8. The first-order chi connectivity index (χ1) is 6.83. The van der Waals surface area contributed by atoms with Crippen molar-refractivity contribution in [2.75, 3.05) is 6.61 Å². The van der Waals surface area contributed by atoms with Crippen LogP contribution in [0.25, 0.3) is 0 Å². The predicted molar refractivity (Wildman–Crippen MR) is 82.2 cm³/mol. The Labute approximate surface area is 101 Å². The molecule has 0 bridgehead atoms. The van der Waals surface area contributed by atoms with Crippen molar-refractivity contribution in [2.24, 2.45) is 0 Å². The molecule has 0 N–H and O–H groups in total. The molecule has 0 aromatic carbocycles. The zero-order valence-corrected chi connectivity index (χ0v) is 17.6. The fourth-order valence-corrected chi connectivity index (χ4v) is 9.47. The van der Waals surface area contributed by atoms with E-state index in [1.54, 1.807) is 22.2 Å². The van der Waals surface area contributed by atoms with Gasteiger partial charge >= 0.3 is 0 Å². The quantitative estimate of drug-likeness (QED) is 0.413. The molecule has 0 spiro atoms. The third kappa shape index (κ3) is 23.0. The van der Waals surface area contributed by atoms with Gasteiger partial charge in [0.2, 0.25) is 0 Å². The summed E-state index contributed by atoms with van der Waals surface area (Å²) in [5, 5.41) is 0. The minimum Gasteiger partial charge on any atom is -0.428 e. The number of hydrogen-bond acceptors (Lipinski definition) is 1. The Kier molecular flexibility index (Phi) is 23.9. The summed E-state index contributed by atoms with van der Waals surface area (Å²) in [6.45, 7) is 5.17. The summed E-state index contributed by atoms with van der Waals surface area (Å²) in [4.78, 5) is 0. The minimum absolute atomic E-state index is 0.588. The maximum atomic E-state index is 4.68. The van der Waals surface area contributed by atoms with E-state index in [0.717, 1.165) is 17.1 Å². The average Bonchev–Trinajstić information content (AvgIpc) is 2.24. The lowest BCUT2D eigenvalue weighted by atomic mass is 10.2. The molecule has 0 fully saturated rings. The Morgan fingerprint density at radius 1 is 1.07 bits per heavy atom. The van der Waals surface area contributed by atoms with Crippen LogP contribution in [0.1, 0.15) is 46.0 Å². The van der Waals surface area contributed by atoms with Crippen molar-refractivity contribution in [3.05, 3.63) is 0 Å². The van der Waals surface area contributed by atoms with Crippen LogP contribution in [0.2, 0.25) is 6.04 Å². The normalized spacial score (nSPS) is 11.6. The van der Waals surface area contributed by atoms with Gasteiger partial charge in [-0.2, -0.15) is 0 Å². The summed E-state index contributed by atoms with van der Waals surface area (Å²) in [7, 11) is 3.74. The van der Waals surface area contributed by atoms with Crippen molar-refractivity contribution in [1.82, 2.24) is 0 Å². The first kappa shape index (κ1) is 17.2. The predicted octanol–water partition coefficient (Wildman–Crippen LogP) is -0.789. The van der Waals surface area contributed by atoms with Crippen LogP contribution in [-0.2, 0) is 4.43 Å². The molecule has 1 nitrogen and oxygen atoms in total. The van der Waals surface area contributed by atoms with Crippen molar-refractivity contribution in [1.29, 1.82) is 0 Å². The zero-order chi connectivity index (χ0) is 11.1. The monoisotopic (exact) mass is 266 g/mol. The molecule has 0 aliphatic rings. The van der Waals surface area contributed by atoms with Crippen LogP contribution >= 0.6 is 0 Å². The fraction of sp³-hybridized carbons (Fsp3) is 1.00. The summed E-state index contributed by atoms with van der Waals surface area (Å²) in [6, 6.07) is 1.69. The maximum Gasteiger partial charge on any atom is 0.145 e. The summed E-state index contributed by atoms with van der Waals surface area (Å²) in [5.74, 6) is 0. The van der Waals surface area contributed by atoms with E-state index in [9.17, 15) is 0 Å². The second-order valence-corrected chi connectivity index (χ2v) is 20.8. The second-order valence-electron chi connectivity index (χ2n) is 3.70. The van der Waals surface area contributed by atoms with Gasteiger partial charge in [0, 0.05) is 15.6 Å². The lowest BCUT2D eigenvalue weighted by Gasteiger charge is -1.97. The number of rotatable bonds is 8. The van der Waals surface area contributed by atoms with Crippen LogP contribution in [0.3, 0.4) is 0 Å². The molecule has 5 heteroatoms. The van der Waals surface area contributed by atoms with Gasteiger partial charge in [-0.25, -0.2) is 0 Å². The van der Waals surface area contributed by atoms with Crippen molar-refractivity contribution in [3.8, 4) is 0 Å². The Morgan fingerprint density at radius 2 is 1.64 bits per heavy atom. The van der Waals surface area contributed by atoms with E-state index >= 15 is 0 Å². The SMILES string of the molecule is CCCCCCC[SiH2][SiH2][SiH3].CCO[SiH3]. The third-order valence-corrected chi connectivity index (χ3v) is 14.5. The molecule has 0 aliphatic carbocycles. The van der Waals surface area contributed by atoms with E-state index in [4.69, 9.17) is 0 Å². The standard InChI is InChI=1S/C7H22Si3.C2H8OSi/c1-2-3-4-5-6-7-9-10-8;1-2-3-4/h2-7,9-10H2,1,8H3;2H2,1,4H3. The van der Waals surface area contributed by atoms with Gasteiger partial charge in [-0.15, -0.1) is 0 Å². The van der Waals surface area contributed by atoms with E-state index in [1.165, 1.54) is 25.7 Å².